The maximum Gasteiger partial charge on any atom is 0.321 e. The molecule has 2 aliphatic heterocycles. The van der Waals surface area contributed by atoms with Crippen LogP contribution in [0.5, 0.6) is 0 Å². The second-order valence-corrected chi connectivity index (χ2v) is 7.50. The van der Waals surface area contributed by atoms with Gasteiger partial charge in [0.25, 0.3) is 0 Å². The Balaban J connectivity index is 0.00000261. The van der Waals surface area contributed by atoms with E-state index in [0.717, 1.165) is 50.0 Å². The molecule has 2 unspecified atom stereocenters. The van der Waals surface area contributed by atoms with E-state index in [0.29, 0.717) is 19.1 Å². The number of likely N-dealkylation sites (N-methyl/N-ethyl adjacent to an activating group) is 1. The van der Waals surface area contributed by atoms with Gasteiger partial charge in [-0.05, 0) is 57.4 Å². The van der Waals surface area contributed by atoms with Crippen molar-refractivity contribution in [3.8, 4) is 0 Å². The lowest BCUT2D eigenvalue weighted by Gasteiger charge is -2.38. The van der Waals surface area contributed by atoms with Crippen LogP contribution in [0.25, 0.3) is 0 Å². The van der Waals surface area contributed by atoms with Gasteiger partial charge in [-0.25, -0.2) is 4.79 Å². The van der Waals surface area contributed by atoms with Gasteiger partial charge in [0, 0.05) is 37.9 Å². The number of likely N-dealkylation sites (tertiary alicyclic amines) is 2. The highest BCUT2D eigenvalue weighted by atomic mass is 35.5. The molecule has 3 rings (SSSR count). The number of anilines is 1. The van der Waals surface area contributed by atoms with E-state index in [4.69, 9.17) is 0 Å². The molecule has 27 heavy (non-hydrogen) atoms. The van der Waals surface area contributed by atoms with Crippen LogP contribution in [-0.2, 0) is 4.79 Å². The summed E-state index contributed by atoms with van der Waals surface area (Å²) in [5.74, 6) is 0.126. The van der Waals surface area contributed by atoms with Crippen LogP contribution in [0.15, 0.2) is 24.3 Å². The minimum Gasteiger partial charge on any atom is -0.341 e. The Labute approximate surface area is 168 Å². The van der Waals surface area contributed by atoms with E-state index in [1.165, 1.54) is 0 Å². The largest absolute Gasteiger partial charge is 0.341 e. The average Bonchev–Trinajstić information content (AvgIpc) is 2.67. The van der Waals surface area contributed by atoms with E-state index < -0.39 is 0 Å². The predicted octanol–water partition coefficient (Wildman–Crippen LogP) is 2.87. The fourth-order valence-corrected chi connectivity index (χ4v) is 3.96. The summed E-state index contributed by atoms with van der Waals surface area (Å²) in [5.41, 5.74) is 1.91. The van der Waals surface area contributed by atoms with Crippen LogP contribution in [0.1, 0.15) is 31.2 Å². The molecule has 0 radical (unpaired) electrons. The van der Waals surface area contributed by atoms with Gasteiger partial charge in [0.2, 0.25) is 5.91 Å². The number of halogens is 1. The third-order valence-corrected chi connectivity index (χ3v) is 5.47. The molecule has 150 valence electrons. The highest BCUT2D eigenvalue weighted by Crippen LogP contribution is 2.22. The molecule has 0 spiro atoms. The molecule has 1 aromatic carbocycles. The van der Waals surface area contributed by atoms with E-state index in [2.05, 4.69) is 10.6 Å². The predicted molar refractivity (Wildman–Crippen MR) is 110 cm³/mol. The second-order valence-electron chi connectivity index (χ2n) is 7.50. The van der Waals surface area contributed by atoms with Crippen LogP contribution in [0.4, 0.5) is 10.5 Å². The number of hydrogen-bond donors (Lipinski definition) is 2. The van der Waals surface area contributed by atoms with Crippen molar-refractivity contribution in [2.24, 2.45) is 5.92 Å². The molecular weight excluding hydrogens is 364 g/mol. The van der Waals surface area contributed by atoms with Crippen LogP contribution >= 0.6 is 12.4 Å². The molecule has 0 bridgehead atoms. The molecule has 1 aromatic rings. The quantitative estimate of drug-likeness (QED) is 0.828. The lowest BCUT2D eigenvalue weighted by molar-refractivity contribution is -0.138. The molecule has 2 fully saturated rings. The summed E-state index contributed by atoms with van der Waals surface area (Å²) in [4.78, 5) is 29.3. The number of amides is 3. The van der Waals surface area contributed by atoms with Crippen molar-refractivity contribution < 1.29 is 9.59 Å². The van der Waals surface area contributed by atoms with Crippen LogP contribution in [0.2, 0.25) is 0 Å². The maximum atomic E-state index is 12.9. The third-order valence-electron chi connectivity index (χ3n) is 5.47. The van der Waals surface area contributed by atoms with Crippen molar-refractivity contribution in [1.29, 1.82) is 0 Å². The molecule has 2 saturated heterocycles. The number of nitrogens with zero attached hydrogens (tertiary/aromatic N) is 2. The minimum absolute atomic E-state index is 0. The molecule has 0 aliphatic carbocycles. The first-order valence-electron chi connectivity index (χ1n) is 9.65. The van der Waals surface area contributed by atoms with Crippen molar-refractivity contribution in [3.63, 3.8) is 0 Å². The van der Waals surface area contributed by atoms with Gasteiger partial charge in [0.05, 0.1) is 5.92 Å². The summed E-state index contributed by atoms with van der Waals surface area (Å²) in [6.45, 7) is 4.84. The third kappa shape index (κ3) is 5.59. The van der Waals surface area contributed by atoms with Crippen LogP contribution < -0.4 is 10.6 Å². The standard InChI is InChI=1S/C20H30N4O2.ClH/c1-15-6-3-8-17(12-15)22-20(26)24-11-4-7-16(13-24)19(25)23-10-5-9-18(14-23)21-2;/h3,6,8,12,16,18,21H,4-5,7,9-11,13-14H2,1-2H3,(H,22,26);1H. The van der Waals surface area contributed by atoms with E-state index in [1.54, 1.807) is 4.90 Å². The smallest absolute Gasteiger partial charge is 0.321 e. The van der Waals surface area contributed by atoms with Gasteiger partial charge in [0.15, 0.2) is 0 Å². The lowest BCUT2D eigenvalue weighted by atomic mass is 9.95. The Morgan fingerprint density at radius 1 is 1.07 bits per heavy atom. The molecule has 0 saturated carbocycles. The zero-order chi connectivity index (χ0) is 18.5. The monoisotopic (exact) mass is 394 g/mol. The van der Waals surface area contributed by atoms with Crippen molar-refractivity contribution in [2.45, 2.75) is 38.6 Å². The first-order chi connectivity index (χ1) is 12.6. The molecule has 2 N–H and O–H groups in total. The molecule has 6 nitrogen and oxygen atoms in total. The highest BCUT2D eigenvalue weighted by Gasteiger charge is 2.33. The number of carbonyl (C=O) groups is 2. The number of hydrogen-bond acceptors (Lipinski definition) is 3. The van der Waals surface area contributed by atoms with Crippen LogP contribution in [-0.4, -0.2) is 61.0 Å². The van der Waals surface area contributed by atoms with Crippen molar-refractivity contribution in [2.75, 3.05) is 38.5 Å². The summed E-state index contributed by atoms with van der Waals surface area (Å²) < 4.78 is 0. The number of aryl methyl sites for hydroxylation is 1. The Bertz CT molecular complexity index is 655. The summed E-state index contributed by atoms with van der Waals surface area (Å²) in [7, 11) is 1.95. The number of benzene rings is 1. The molecule has 2 atom stereocenters. The highest BCUT2D eigenvalue weighted by molar-refractivity contribution is 5.90. The Morgan fingerprint density at radius 3 is 2.56 bits per heavy atom. The van der Waals surface area contributed by atoms with Gasteiger partial charge >= 0.3 is 6.03 Å². The molecule has 2 heterocycles. The summed E-state index contributed by atoms with van der Waals surface area (Å²) >= 11 is 0. The zero-order valence-electron chi connectivity index (χ0n) is 16.2. The SMILES string of the molecule is CNC1CCCN(C(=O)C2CCCN(C(=O)Nc3cccc(C)c3)C2)C1.Cl. The molecule has 0 aromatic heterocycles. The van der Waals surface area contributed by atoms with Gasteiger partial charge in [0.1, 0.15) is 0 Å². The maximum absolute atomic E-state index is 12.9. The van der Waals surface area contributed by atoms with Gasteiger partial charge < -0.3 is 20.4 Å². The number of nitrogens with one attached hydrogen (secondary N) is 2. The van der Waals surface area contributed by atoms with Gasteiger partial charge in [-0.15, -0.1) is 12.4 Å². The van der Waals surface area contributed by atoms with Crippen LogP contribution in [0.3, 0.4) is 0 Å². The van der Waals surface area contributed by atoms with Gasteiger partial charge in [-0.3, -0.25) is 4.79 Å². The number of rotatable bonds is 3. The van der Waals surface area contributed by atoms with Crippen molar-refractivity contribution in [1.82, 2.24) is 15.1 Å². The first-order valence-corrected chi connectivity index (χ1v) is 9.65. The Hall–Kier alpha value is -1.79. The number of piperidine rings is 2. The molecule has 3 amide bonds. The van der Waals surface area contributed by atoms with E-state index in [1.807, 2.05) is 43.1 Å². The minimum atomic E-state index is -0.111. The Kier molecular flexibility index (Phi) is 7.92. The average molecular weight is 395 g/mol. The summed E-state index contributed by atoms with van der Waals surface area (Å²) in [6, 6.07) is 8.06. The lowest BCUT2D eigenvalue weighted by Crippen LogP contribution is -2.52. The van der Waals surface area contributed by atoms with Gasteiger partial charge in [-0.2, -0.15) is 0 Å². The zero-order valence-corrected chi connectivity index (χ0v) is 17.1. The molecule has 2 aliphatic rings. The normalized spacial score (nSPS) is 22.7. The van der Waals surface area contributed by atoms with E-state index in [9.17, 15) is 9.59 Å². The number of carbonyl (C=O) groups excluding carboxylic acids is 2. The van der Waals surface area contributed by atoms with E-state index >= 15 is 0 Å². The summed E-state index contributed by atoms with van der Waals surface area (Å²) in [5, 5.41) is 6.24. The van der Waals surface area contributed by atoms with E-state index in [-0.39, 0.29) is 30.3 Å². The number of urea groups is 1. The molecule has 7 heteroatoms. The topological polar surface area (TPSA) is 64.7 Å². The molecular formula is C20H31ClN4O2. The fraction of sp³-hybridized carbons (Fsp3) is 0.600. The van der Waals surface area contributed by atoms with Gasteiger partial charge in [-0.1, -0.05) is 12.1 Å². The summed E-state index contributed by atoms with van der Waals surface area (Å²) in [6.07, 6.45) is 3.91. The van der Waals surface area contributed by atoms with Crippen molar-refractivity contribution in [3.05, 3.63) is 29.8 Å². The van der Waals surface area contributed by atoms with Crippen LogP contribution in [0, 0.1) is 12.8 Å². The fourth-order valence-electron chi connectivity index (χ4n) is 3.96. The Morgan fingerprint density at radius 2 is 1.81 bits per heavy atom. The first kappa shape index (κ1) is 21.5. The second kappa shape index (κ2) is 9.95. The van der Waals surface area contributed by atoms with Crippen molar-refractivity contribution >= 4 is 30.0 Å².